The van der Waals surface area contributed by atoms with E-state index in [1.807, 2.05) is 44.3 Å². The number of nitrogens with zero attached hydrogens (tertiary/aromatic N) is 6. The van der Waals surface area contributed by atoms with Gasteiger partial charge in [-0.25, -0.2) is 4.79 Å². The van der Waals surface area contributed by atoms with E-state index in [-0.39, 0.29) is 11.5 Å². The summed E-state index contributed by atoms with van der Waals surface area (Å²) < 4.78 is 7.36. The second kappa shape index (κ2) is 6.77. The largest absolute Gasteiger partial charge is 0.444 e. The predicted molar refractivity (Wildman–Crippen MR) is 90.6 cm³/mol. The van der Waals surface area contributed by atoms with Crippen molar-refractivity contribution in [1.82, 2.24) is 24.6 Å². The van der Waals surface area contributed by atoms with Crippen molar-refractivity contribution in [2.45, 2.75) is 44.8 Å². The molecule has 0 N–H and O–H groups in total. The highest BCUT2D eigenvalue weighted by Gasteiger charge is 2.29. The monoisotopic (exact) mass is 340 g/mol. The van der Waals surface area contributed by atoms with E-state index in [1.165, 1.54) is 0 Å². The lowest BCUT2D eigenvalue weighted by Crippen LogP contribution is -2.41. The maximum atomic E-state index is 12.1. The summed E-state index contributed by atoms with van der Waals surface area (Å²) in [5.74, 6) is 1.40. The average molecular weight is 340 g/mol. The fourth-order valence-corrected chi connectivity index (χ4v) is 2.37. The van der Waals surface area contributed by atoms with Crippen LogP contribution in [0.5, 0.6) is 0 Å². The Morgan fingerprint density at radius 1 is 1.39 bits per heavy atom. The van der Waals surface area contributed by atoms with E-state index in [1.54, 1.807) is 11.2 Å². The Morgan fingerprint density at radius 2 is 2.09 bits per heavy atom. The van der Waals surface area contributed by atoms with Gasteiger partial charge in [-0.2, -0.15) is 0 Å². The molecule has 1 aliphatic heterocycles. The van der Waals surface area contributed by atoms with Gasteiger partial charge in [0.1, 0.15) is 5.60 Å². The zero-order valence-corrected chi connectivity index (χ0v) is 15.1. The number of carbonyl (C=O) groups excluding carboxylic acids is 1. The number of hydrogen-bond donors (Lipinski definition) is 1. The molecule has 0 aliphatic carbocycles. The van der Waals surface area contributed by atoms with E-state index in [0.717, 1.165) is 5.82 Å². The number of amides is 1. The number of aliphatic imine (C=N–C) groups is 1. The van der Waals surface area contributed by atoms with E-state index in [9.17, 15) is 4.79 Å². The van der Waals surface area contributed by atoms with E-state index in [4.69, 9.17) is 4.74 Å². The quantitative estimate of drug-likeness (QED) is 0.513. The van der Waals surface area contributed by atoms with Crippen molar-refractivity contribution in [3.63, 3.8) is 0 Å². The van der Waals surface area contributed by atoms with Crippen LogP contribution in [0, 0.1) is 0 Å². The second-order valence-electron chi connectivity index (χ2n) is 6.63. The fraction of sp³-hybridized carbons (Fsp3) is 0.714. The number of ether oxygens (including phenoxy) is 1. The zero-order valence-electron chi connectivity index (χ0n) is 14.2. The summed E-state index contributed by atoms with van der Waals surface area (Å²) in [6, 6.07) is 0. The number of fused-ring (bicyclic) bond motifs is 1. The third-order valence-corrected chi connectivity index (χ3v) is 3.47. The number of hydrogen-bond acceptors (Lipinski definition) is 6. The van der Waals surface area contributed by atoms with Crippen LogP contribution in [0.3, 0.4) is 0 Å². The van der Waals surface area contributed by atoms with Crippen molar-refractivity contribution < 1.29 is 9.53 Å². The van der Waals surface area contributed by atoms with Gasteiger partial charge in [0.2, 0.25) is 0 Å². The van der Waals surface area contributed by atoms with Crippen LogP contribution in [-0.4, -0.2) is 63.2 Å². The van der Waals surface area contributed by atoms with E-state index in [2.05, 4.69) is 27.8 Å². The summed E-state index contributed by atoms with van der Waals surface area (Å²) in [7, 11) is 3.78. The number of carbonyl (C=O) groups is 1. The van der Waals surface area contributed by atoms with Crippen LogP contribution in [-0.2, 0) is 17.8 Å². The van der Waals surface area contributed by atoms with Gasteiger partial charge in [0, 0.05) is 27.2 Å². The minimum atomic E-state index is -0.509. The maximum absolute atomic E-state index is 12.1. The van der Waals surface area contributed by atoms with Crippen molar-refractivity contribution in [3.8, 4) is 0 Å². The normalized spacial score (nSPS) is 16.3. The molecule has 0 saturated carbocycles. The average Bonchev–Trinajstić information content (AvgIpc) is 2.85. The molecule has 1 atom stereocenters. The van der Waals surface area contributed by atoms with Crippen molar-refractivity contribution in [3.05, 3.63) is 11.6 Å². The SMILES string of the molecule is CN(C)C=NC(S)c1nnc2n1CCN(C(=O)OC(C)(C)C)C2. The molecule has 128 valence electrons. The molecule has 1 aromatic rings. The Labute approximate surface area is 141 Å². The van der Waals surface area contributed by atoms with Gasteiger partial charge < -0.3 is 14.2 Å². The van der Waals surface area contributed by atoms with Crippen LogP contribution in [0.2, 0.25) is 0 Å². The summed E-state index contributed by atoms with van der Waals surface area (Å²) >= 11 is 4.46. The van der Waals surface area contributed by atoms with Crippen LogP contribution in [0.15, 0.2) is 4.99 Å². The highest BCUT2D eigenvalue weighted by molar-refractivity contribution is 7.80. The number of aromatic nitrogens is 3. The maximum Gasteiger partial charge on any atom is 0.410 e. The molecule has 0 radical (unpaired) electrons. The highest BCUT2D eigenvalue weighted by Crippen LogP contribution is 2.23. The summed E-state index contributed by atoms with van der Waals surface area (Å²) in [6.07, 6.45) is 1.36. The third kappa shape index (κ3) is 4.60. The summed E-state index contributed by atoms with van der Waals surface area (Å²) in [5.41, 5.74) is -0.509. The lowest BCUT2D eigenvalue weighted by Gasteiger charge is -2.30. The van der Waals surface area contributed by atoms with Crippen molar-refractivity contribution in [1.29, 1.82) is 0 Å². The molecule has 1 amide bonds. The summed E-state index contributed by atoms with van der Waals surface area (Å²) in [5, 5.41) is 7.95. The molecule has 0 spiro atoms. The molecule has 0 aromatic carbocycles. The number of thiol groups is 1. The smallest absolute Gasteiger partial charge is 0.410 e. The lowest BCUT2D eigenvalue weighted by molar-refractivity contribution is 0.0194. The minimum Gasteiger partial charge on any atom is -0.444 e. The molecule has 9 heteroatoms. The van der Waals surface area contributed by atoms with Gasteiger partial charge in [0.25, 0.3) is 0 Å². The van der Waals surface area contributed by atoms with Crippen molar-refractivity contribution in [2.75, 3.05) is 20.6 Å². The topological polar surface area (TPSA) is 75.9 Å². The van der Waals surface area contributed by atoms with Gasteiger partial charge >= 0.3 is 6.09 Å². The van der Waals surface area contributed by atoms with Crippen molar-refractivity contribution >= 4 is 25.1 Å². The first-order chi connectivity index (χ1) is 10.7. The van der Waals surface area contributed by atoms with E-state index in [0.29, 0.717) is 25.5 Å². The summed E-state index contributed by atoms with van der Waals surface area (Å²) in [6.45, 7) is 7.08. The van der Waals surface area contributed by atoms with Gasteiger partial charge in [-0.1, -0.05) is 0 Å². The number of rotatable bonds is 3. The van der Waals surface area contributed by atoms with Gasteiger partial charge in [0.15, 0.2) is 17.0 Å². The first-order valence-corrected chi connectivity index (χ1v) is 7.96. The molecule has 2 heterocycles. The van der Waals surface area contributed by atoms with Crippen LogP contribution in [0.4, 0.5) is 4.79 Å². The van der Waals surface area contributed by atoms with Crippen LogP contribution in [0.25, 0.3) is 0 Å². The lowest BCUT2D eigenvalue weighted by atomic mass is 10.2. The molecule has 0 saturated heterocycles. The molecule has 0 bridgehead atoms. The first-order valence-electron chi connectivity index (χ1n) is 7.45. The molecule has 2 rings (SSSR count). The van der Waals surface area contributed by atoms with Crippen molar-refractivity contribution in [2.24, 2.45) is 4.99 Å². The molecule has 23 heavy (non-hydrogen) atoms. The Morgan fingerprint density at radius 3 is 2.70 bits per heavy atom. The van der Waals surface area contributed by atoms with Gasteiger partial charge in [-0.3, -0.25) is 9.89 Å². The van der Waals surface area contributed by atoms with Gasteiger partial charge in [0.05, 0.1) is 12.9 Å². The Balaban J connectivity index is 2.08. The molecule has 1 unspecified atom stereocenters. The standard InChI is InChI=1S/C14H24N6O2S/c1-14(2,3)22-13(21)19-6-7-20-10(8-19)16-17-11(20)12(23)15-9-18(4)5/h9,12,23H,6-8H2,1-5H3. The van der Waals surface area contributed by atoms with E-state index < -0.39 is 5.60 Å². The van der Waals surface area contributed by atoms with Crippen LogP contribution in [0.1, 0.15) is 37.8 Å². The van der Waals surface area contributed by atoms with Crippen LogP contribution >= 0.6 is 12.6 Å². The molecular weight excluding hydrogens is 316 g/mol. The van der Waals surface area contributed by atoms with Gasteiger partial charge in [-0.15, -0.1) is 22.8 Å². The highest BCUT2D eigenvalue weighted by atomic mass is 32.1. The molecule has 8 nitrogen and oxygen atoms in total. The van der Waals surface area contributed by atoms with Crippen LogP contribution < -0.4 is 0 Å². The van der Waals surface area contributed by atoms with Gasteiger partial charge in [-0.05, 0) is 20.8 Å². The molecule has 1 aliphatic rings. The summed E-state index contributed by atoms with van der Waals surface area (Å²) in [4.78, 5) is 19.9. The second-order valence-corrected chi connectivity index (χ2v) is 7.12. The van der Waals surface area contributed by atoms with E-state index >= 15 is 0 Å². The fourth-order valence-electron chi connectivity index (χ4n) is 2.12. The Bertz CT molecular complexity index is 593. The predicted octanol–water partition coefficient (Wildman–Crippen LogP) is 1.55. The first kappa shape index (κ1) is 17.6. The molecular formula is C14H24N6O2S. The minimum absolute atomic E-state index is 0.332. The Kier molecular flexibility index (Phi) is 5.18. The Hall–Kier alpha value is -1.77. The third-order valence-electron chi connectivity index (χ3n) is 3.10. The molecule has 0 fully saturated rings. The zero-order chi connectivity index (χ0) is 17.2. The molecule has 1 aromatic heterocycles.